The van der Waals surface area contributed by atoms with Crippen LogP contribution in [0.4, 0.5) is 23.0 Å². The fraction of sp³-hybridized carbons (Fsp3) is 0.0588. The van der Waals surface area contributed by atoms with Gasteiger partial charge in [0, 0.05) is 23.0 Å². The highest BCUT2D eigenvalue weighted by atomic mass is 35.5. The van der Waals surface area contributed by atoms with Gasteiger partial charge in [-0.2, -0.15) is 0 Å². The van der Waals surface area contributed by atoms with Crippen molar-refractivity contribution in [3.63, 3.8) is 0 Å². The Hall–Kier alpha value is -3.99. The van der Waals surface area contributed by atoms with Crippen LogP contribution >= 0.6 is 11.6 Å². The summed E-state index contributed by atoms with van der Waals surface area (Å²) in [7, 11) is 1.45. The Labute approximate surface area is 169 Å². The second-order valence-electron chi connectivity index (χ2n) is 5.46. The molecule has 29 heavy (non-hydrogen) atoms. The molecular weight excluding hydrogens is 402 g/mol. The van der Waals surface area contributed by atoms with E-state index in [9.17, 15) is 14.9 Å². The average Bonchev–Trinajstić information content (AvgIpc) is 2.72. The SMILES string of the molecule is COc1ccc(Cl)cc1Nc1ncnc(NNC(=O)c2ccncc2)c1[N+](=O)[O-]. The first kappa shape index (κ1) is 19.8. The monoisotopic (exact) mass is 415 g/mol. The molecule has 12 heteroatoms. The summed E-state index contributed by atoms with van der Waals surface area (Å²) in [5.41, 5.74) is 5.00. The lowest BCUT2D eigenvalue weighted by Gasteiger charge is -2.13. The highest BCUT2D eigenvalue weighted by Gasteiger charge is 2.24. The number of hydrogen-bond donors (Lipinski definition) is 3. The topological polar surface area (TPSA) is 144 Å². The molecule has 3 aromatic rings. The number of rotatable bonds is 7. The number of methoxy groups -OCH3 is 1. The summed E-state index contributed by atoms with van der Waals surface area (Å²) in [4.78, 5) is 34.7. The molecule has 0 unspecified atom stereocenters. The zero-order valence-electron chi connectivity index (χ0n) is 14.9. The van der Waals surface area contributed by atoms with Crippen molar-refractivity contribution < 1.29 is 14.5 Å². The van der Waals surface area contributed by atoms with Crippen LogP contribution in [0.3, 0.4) is 0 Å². The minimum atomic E-state index is -0.680. The maximum absolute atomic E-state index is 12.1. The second kappa shape index (κ2) is 8.80. The largest absolute Gasteiger partial charge is 0.495 e. The summed E-state index contributed by atoms with van der Waals surface area (Å²) in [5.74, 6) is -0.448. The number of aromatic nitrogens is 3. The van der Waals surface area contributed by atoms with Gasteiger partial charge in [-0.25, -0.2) is 9.97 Å². The van der Waals surface area contributed by atoms with Crippen LogP contribution in [-0.4, -0.2) is 32.9 Å². The summed E-state index contributed by atoms with van der Waals surface area (Å²) >= 11 is 5.99. The van der Waals surface area contributed by atoms with E-state index in [0.717, 1.165) is 6.33 Å². The van der Waals surface area contributed by atoms with Crippen molar-refractivity contribution in [3.8, 4) is 5.75 Å². The maximum Gasteiger partial charge on any atom is 0.355 e. The van der Waals surface area contributed by atoms with E-state index >= 15 is 0 Å². The number of ether oxygens (including phenoxy) is 1. The number of carbonyl (C=O) groups is 1. The number of nitro groups is 1. The smallest absolute Gasteiger partial charge is 0.355 e. The van der Waals surface area contributed by atoms with Crippen LogP contribution in [0.25, 0.3) is 0 Å². The molecule has 0 aliphatic carbocycles. The lowest BCUT2D eigenvalue weighted by molar-refractivity contribution is -0.383. The molecule has 11 nitrogen and oxygen atoms in total. The number of nitrogens with zero attached hydrogens (tertiary/aromatic N) is 4. The first-order valence-electron chi connectivity index (χ1n) is 8.06. The number of nitrogens with one attached hydrogen (secondary N) is 3. The molecular formula is C17H14ClN7O4. The molecule has 0 atom stereocenters. The van der Waals surface area contributed by atoms with Crippen LogP contribution in [0.5, 0.6) is 5.75 Å². The number of amides is 1. The fourth-order valence-electron chi connectivity index (χ4n) is 2.33. The summed E-state index contributed by atoms with van der Waals surface area (Å²) in [6.45, 7) is 0. The average molecular weight is 416 g/mol. The molecule has 2 heterocycles. The molecule has 1 aromatic carbocycles. The van der Waals surface area contributed by atoms with Crippen LogP contribution in [0.2, 0.25) is 5.02 Å². The molecule has 0 fully saturated rings. The zero-order chi connectivity index (χ0) is 20.8. The number of hydrazine groups is 1. The lowest BCUT2D eigenvalue weighted by Crippen LogP contribution is -2.30. The molecule has 0 spiro atoms. The number of anilines is 3. The van der Waals surface area contributed by atoms with Gasteiger partial charge in [-0.3, -0.25) is 30.7 Å². The normalized spacial score (nSPS) is 10.1. The predicted octanol–water partition coefficient (Wildman–Crippen LogP) is 2.94. The summed E-state index contributed by atoms with van der Waals surface area (Å²) in [6, 6.07) is 7.73. The van der Waals surface area contributed by atoms with Crippen LogP contribution in [-0.2, 0) is 0 Å². The third-order valence-corrected chi connectivity index (χ3v) is 3.89. The van der Waals surface area contributed by atoms with Gasteiger partial charge in [0.25, 0.3) is 5.91 Å². The zero-order valence-corrected chi connectivity index (χ0v) is 15.7. The van der Waals surface area contributed by atoms with Gasteiger partial charge in [-0.05, 0) is 30.3 Å². The summed E-state index contributed by atoms with van der Waals surface area (Å²) in [6.07, 6.45) is 4.00. The highest BCUT2D eigenvalue weighted by molar-refractivity contribution is 6.31. The van der Waals surface area contributed by atoms with Gasteiger partial charge in [0.05, 0.1) is 17.7 Å². The van der Waals surface area contributed by atoms with Crippen molar-refractivity contribution >= 4 is 40.5 Å². The van der Waals surface area contributed by atoms with Crippen molar-refractivity contribution in [2.24, 2.45) is 0 Å². The Morgan fingerprint density at radius 2 is 1.90 bits per heavy atom. The van der Waals surface area contributed by atoms with E-state index in [1.165, 1.54) is 37.7 Å². The molecule has 0 aliphatic rings. The minimum Gasteiger partial charge on any atom is -0.495 e. The molecule has 2 aromatic heterocycles. The van der Waals surface area contributed by atoms with Crippen LogP contribution in [0.15, 0.2) is 49.1 Å². The Morgan fingerprint density at radius 3 is 2.59 bits per heavy atom. The van der Waals surface area contributed by atoms with Gasteiger partial charge in [0.2, 0.25) is 11.6 Å². The molecule has 0 aliphatic heterocycles. The van der Waals surface area contributed by atoms with Crippen molar-refractivity contribution in [1.29, 1.82) is 0 Å². The van der Waals surface area contributed by atoms with E-state index in [0.29, 0.717) is 22.0 Å². The van der Waals surface area contributed by atoms with Crippen LogP contribution in [0.1, 0.15) is 10.4 Å². The highest BCUT2D eigenvalue weighted by Crippen LogP contribution is 2.35. The van der Waals surface area contributed by atoms with Gasteiger partial charge in [-0.1, -0.05) is 11.6 Å². The lowest BCUT2D eigenvalue weighted by atomic mass is 10.2. The quantitative estimate of drug-likeness (QED) is 0.391. The van der Waals surface area contributed by atoms with E-state index in [-0.39, 0.29) is 11.6 Å². The van der Waals surface area contributed by atoms with Crippen molar-refractivity contribution in [2.45, 2.75) is 0 Å². The van der Waals surface area contributed by atoms with Gasteiger partial charge < -0.3 is 10.1 Å². The number of hydrogen-bond acceptors (Lipinski definition) is 9. The van der Waals surface area contributed by atoms with Gasteiger partial charge in [-0.15, -0.1) is 0 Å². The van der Waals surface area contributed by atoms with Crippen molar-refractivity contribution in [1.82, 2.24) is 20.4 Å². The second-order valence-corrected chi connectivity index (χ2v) is 5.90. The first-order valence-corrected chi connectivity index (χ1v) is 8.43. The fourth-order valence-corrected chi connectivity index (χ4v) is 2.50. The molecule has 1 amide bonds. The van der Waals surface area contributed by atoms with E-state index in [1.54, 1.807) is 12.1 Å². The molecule has 0 saturated carbocycles. The Balaban J connectivity index is 1.88. The standard InChI is InChI=1S/C17H14ClN7O4/c1-29-13-3-2-11(18)8-12(13)22-15-14(25(27)28)16(21-9-20-15)23-24-17(26)10-4-6-19-7-5-10/h2-9H,1H3,(H,24,26)(H2,20,21,22,23). The van der Waals surface area contributed by atoms with Crippen molar-refractivity contribution in [2.75, 3.05) is 17.9 Å². The predicted molar refractivity (Wildman–Crippen MR) is 105 cm³/mol. The molecule has 3 rings (SSSR count). The number of halogens is 1. The van der Waals surface area contributed by atoms with Gasteiger partial charge in [0.1, 0.15) is 12.1 Å². The third-order valence-electron chi connectivity index (χ3n) is 3.66. The van der Waals surface area contributed by atoms with Gasteiger partial charge >= 0.3 is 5.69 Å². The van der Waals surface area contributed by atoms with Crippen LogP contribution in [0, 0.1) is 10.1 Å². The summed E-state index contributed by atoms with van der Waals surface area (Å²) in [5, 5.41) is 14.8. The third kappa shape index (κ3) is 4.65. The maximum atomic E-state index is 12.1. The molecule has 0 saturated heterocycles. The number of benzene rings is 1. The molecule has 0 radical (unpaired) electrons. The Bertz CT molecular complexity index is 1050. The van der Waals surface area contributed by atoms with E-state index in [1.807, 2.05) is 0 Å². The first-order chi connectivity index (χ1) is 14.0. The number of carbonyl (C=O) groups excluding carboxylic acids is 1. The molecule has 148 valence electrons. The van der Waals surface area contributed by atoms with Crippen LogP contribution < -0.4 is 20.9 Å². The van der Waals surface area contributed by atoms with Crippen molar-refractivity contribution in [3.05, 3.63) is 69.8 Å². The Kier molecular flexibility index (Phi) is 6.00. The Morgan fingerprint density at radius 1 is 1.17 bits per heavy atom. The van der Waals surface area contributed by atoms with Gasteiger partial charge in [0.15, 0.2) is 0 Å². The minimum absolute atomic E-state index is 0.119. The summed E-state index contributed by atoms with van der Waals surface area (Å²) < 4.78 is 5.22. The van der Waals surface area contributed by atoms with E-state index in [2.05, 4.69) is 31.1 Å². The molecule has 3 N–H and O–H groups in total. The number of pyridine rings is 1. The van der Waals surface area contributed by atoms with E-state index < -0.39 is 16.5 Å². The molecule has 0 bridgehead atoms. The van der Waals surface area contributed by atoms with E-state index in [4.69, 9.17) is 16.3 Å².